The van der Waals surface area contributed by atoms with Gasteiger partial charge >= 0.3 is 6.18 Å². The second-order valence-electron chi connectivity index (χ2n) is 7.97. The van der Waals surface area contributed by atoms with Crippen molar-refractivity contribution >= 4 is 62.1 Å². The minimum atomic E-state index is -4.82. The molecule has 4 rings (SSSR count). The molecule has 1 N–H and O–H groups in total. The largest absolute Gasteiger partial charge is 0.588 e. The summed E-state index contributed by atoms with van der Waals surface area (Å²) in [4.78, 5) is 18.1. The zero-order chi connectivity index (χ0) is 26.3. The normalized spacial score (nSPS) is 18.4. The van der Waals surface area contributed by atoms with Gasteiger partial charge in [0.1, 0.15) is 11.4 Å². The summed E-state index contributed by atoms with van der Waals surface area (Å²) < 4.78 is 58.3. The Kier molecular flexibility index (Phi) is 7.64. The third-order valence-electron chi connectivity index (χ3n) is 5.53. The summed E-state index contributed by atoms with van der Waals surface area (Å²) in [5.74, 6) is -0.594. The first-order chi connectivity index (χ1) is 16.9. The lowest BCUT2D eigenvalue weighted by Gasteiger charge is -2.29. The van der Waals surface area contributed by atoms with Crippen LogP contribution in [-0.4, -0.2) is 22.3 Å². The first-order valence-corrected chi connectivity index (χ1v) is 13.0. The highest BCUT2D eigenvalue weighted by Crippen LogP contribution is 2.49. The number of carbonyl (C=O) groups is 1. The van der Waals surface area contributed by atoms with E-state index in [0.717, 1.165) is 16.6 Å². The molecule has 5 nitrogen and oxygen atoms in total. The van der Waals surface area contributed by atoms with Crippen molar-refractivity contribution in [2.75, 3.05) is 0 Å². The van der Waals surface area contributed by atoms with Crippen LogP contribution in [0.2, 0.25) is 10.0 Å². The average Bonchev–Trinajstić information content (AvgIpc) is 3.26. The molecule has 0 aliphatic carbocycles. The first-order valence-electron chi connectivity index (χ1n) is 10.3. The van der Waals surface area contributed by atoms with Gasteiger partial charge in [-0.05, 0) is 72.6 Å². The zero-order valence-corrected chi connectivity index (χ0v) is 22.2. The van der Waals surface area contributed by atoms with Gasteiger partial charge in [0.25, 0.3) is 11.5 Å². The summed E-state index contributed by atoms with van der Waals surface area (Å²) in [5, 5.41) is 3.79. The maximum absolute atomic E-state index is 14.2. The molecule has 0 saturated heterocycles. The van der Waals surface area contributed by atoms with Crippen LogP contribution in [0.4, 0.5) is 13.2 Å². The van der Waals surface area contributed by atoms with Crippen molar-refractivity contribution in [1.82, 2.24) is 4.72 Å². The fraction of sp³-hybridized carbons (Fsp3) is 0.167. The van der Waals surface area contributed by atoms with Crippen LogP contribution < -0.4 is 4.72 Å². The van der Waals surface area contributed by atoms with E-state index in [-0.39, 0.29) is 26.9 Å². The molecular weight excluding hydrogens is 604 g/mol. The standard InChI is InChI=1S/C24H16BrCl2F3N2O3S/c1-13-8-14(2-7-20(13)22(33)32-36(34)19-5-3-16(25)4-6-19)21-12-23(35-31-21,24(28,29)30)15-9-17(26)11-18(27)10-15/h2-11H,12H2,1H3,(H,32,33). The SMILES string of the molecule is Cc1cc(C2=NOC(c3cc(Cl)cc(Cl)c3)(C(F)(F)F)C2)ccc1C(=O)N[S+]([O-])c1ccc(Br)cc1. The quantitative estimate of drug-likeness (QED) is 0.310. The molecule has 12 heteroatoms. The van der Waals surface area contributed by atoms with Gasteiger partial charge in [-0.2, -0.15) is 17.9 Å². The molecule has 2 unspecified atom stereocenters. The summed E-state index contributed by atoms with van der Waals surface area (Å²) in [6, 6.07) is 14.6. The van der Waals surface area contributed by atoms with Gasteiger partial charge in [0.2, 0.25) is 0 Å². The van der Waals surface area contributed by atoms with Crippen LogP contribution in [0.15, 0.2) is 75.2 Å². The number of benzene rings is 3. The van der Waals surface area contributed by atoms with Crippen LogP contribution in [-0.2, 0) is 21.8 Å². The molecule has 1 heterocycles. The van der Waals surface area contributed by atoms with Crippen LogP contribution in [0.3, 0.4) is 0 Å². The van der Waals surface area contributed by atoms with E-state index in [0.29, 0.717) is 16.0 Å². The number of rotatable bonds is 5. The van der Waals surface area contributed by atoms with Gasteiger partial charge in [-0.1, -0.05) is 50.4 Å². The highest BCUT2D eigenvalue weighted by atomic mass is 79.9. The fourth-order valence-corrected chi connectivity index (χ4v) is 5.27. The van der Waals surface area contributed by atoms with E-state index in [4.69, 9.17) is 28.0 Å². The lowest BCUT2D eigenvalue weighted by atomic mass is 9.86. The minimum absolute atomic E-state index is 0.0323. The molecule has 1 aliphatic heterocycles. The predicted octanol–water partition coefficient (Wildman–Crippen LogP) is 7.10. The molecule has 3 aromatic carbocycles. The monoisotopic (exact) mass is 618 g/mol. The molecule has 188 valence electrons. The number of amides is 1. The van der Waals surface area contributed by atoms with Gasteiger partial charge < -0.3 is 9.39 Å². The molecule has 0 saturated carbocycles. The summed E-state index contributed by atoms with van der Waals surface area (Å²) in [7, 11) is 0. The Morgan fingerprint density at radius 1 is 1.11 bits per heavy atom. The average molecular weight is 620 g/mol. The Morgan fingerprint density at radius 3 is 2.33 bits per heavy atom. The van der Waals surface area contributed by atoms with Crippen molar-refractivity contribution in [1.29, 1.82) is 0 Å². The number of aryl methyl sites for hydroxylation is 1. The van der Waals surface area contributed by atoms with Gasteiger partial charge in [-0.15, -0.1) is 0 Å². The van der Waals surface area contributed by atoms with Crippen molar-refractivity contribution in [2.45, 2.75) is 30.0 Å². The summed E-state index contributed by atoms with van der Waals surface area (Å²) in [5.41, 5.74) is -1.98. The molecule has 0 fully saturated rings. The Bertz CT molecular complexity index is 1340. The van der Waals surface area contributed by atoms with Gasteiger partial charge in [0.15, 0.2) is 4.90 Å². The Balaban J connectivity index is 1.56. The van der Waals surface area contributed by atoms with Crippen molar-refractivity contribution in [3.8, 4) is 0 Å². The van der Waals surface area contributed by atoms with Gasteiger partial charge in [-0.3, -0.25) is 4.79 Å². The maximum Gasteiger partial charge on any atom is 0.435 e. The van der Waals surface area contributed by atoms with E-state index in [1.165, 1.54) is 24.3 Å². The number of carbonyl (C=O) groups excluding carboxylic acids is 1. The van der Waals surface area contributed by atoms with Gasteiger partial charge in [0.05, 0.1) is 5.71 Å². The topological polar surface area (TPSA) is 73.8 Å². The third kappa shape index (κ3) is 5.38. The van der Waals surface area contributed by atoms with Crippen LogP contribution in [0.25, 0.3) is 0 Å². The number of nitrogens with zero attached hydrogens (tertiary/aromatic N) is 1. The maximum atomic E-state index is 14.2. The Labute approximate surface area is 226 Å². The Morgan fingerprint density at radius 2 is 1.75 bits per heavy atom. The summed E-state index contributed by atoms with van der Waals surface area (Å²) >= 11 is 13.4. The van der Waals surface area contributed by atoms with E-state index in [2.05, 4.69) is 25.8 Å². The first kappa shape index (κ1) is 26.8. The molecule has 1 amide bonds. The Hall–Kier alpha value is -2.24. The molecular formula is C24H16BrCl2F3N2O3S. The smallest absolute Gasteiger partial charge is 0.435 e. The van der Waals surface area contributed by atoms with Gasteiger partial charge in [-0.25, -0.2) is 0 Å². The highest BCUT2D eigenvalue weighted by molar-refractivity contribution is 9.10. The highest BCUT2D eigenvalue weighted by Gasteiger charge is 2.62. The number of halogens is 6. The molecule has 36 heavy (non-hydrogen) atoms. The van der Waals surface area contributed by atoms with Gasteiger partial charge in [0, 0.05) is 32.1 Å². The van der Waals surface area contributed by atoms with Crippen LogP contribution >= 0.6 is 39.1 Å². The number of oxime groups is 1. The van der Waals surface area contributed by atoms with Crippen molar-refractivity contribution in [2.24, 2.45) is 5.16 Å². The zero-order valence-electron chi connectivity index (χ0n) is 18.3. The third-order valence-corrected chi connectivity index (χ3v) is 7.57. The van der Waals surface area contributed by atoms with E-state index in [1.54, 1.807) is 31.2 Å². The van der Waals surface area contributed by atoms with Crippen molar-refractivity contribution in [3.05, 3.63) is 97.4 Å². The second-order valence-corrected chi connectivity index (χ2v) is 11.0. The van der Waals surface area contributed by atoms with Crippen LogP contribution in [0.1, 0.15) is 33.5 Å². The lowest BCUT2D eigenvalue weighted by Crippen LogP contribution is -2.42. The van der Waals surface area contributed by atoms with Crippen LogP contribution in [0.5, 0.6) is 0 Å². The molecule has 2 atom stereocenters. The molecule has 1 aliphatic rings. The number of alkyl halides is 3. The van der Waals surface area contributed by atoms with Crippen molar-refractivity contribution < 1.29 is 27.4 Å². The molecule has 0 radical (unpaired) electrons. The van der Waals surface area contributed by atoms with Crippen molar-refractivity contribution in [3.63, 3.8) is 0 Å². The molecule has 0 bridgehead atoms. The van der Waals surface area contributed by atoms with E-state index in [1.807, 2.05) is 0 Å². The second kappa shape index (κ2) is 10.3. The molecule has 0 spiro atoms. The van der Waals surface area contributed by atoms with E-state index < -0.39 is 35.5 Å². The number of nitrogens with one attached hydrogen (secondary N) is 1. The van der Waals surface area contributed by atoms with Crippen LogP contribution in [0, 0.1) is 6.92 Å². The fourth-order valence-electron chi connectivity index (χ4n) is 3.70. The molecule has 0 aromatic heterocycles. The summed E-state index contributed by atoms with van der Waals surface area (Å²) in [6.07, 6.45) is -5.44. The number of hydrogen-bond donors (Lipinski definition) is 1. The predicted molar refractivity (Wildman–Crippen MR) is 136 cm³/mol. The minimum Gasteiger partial charge on any atom is -0.588 e. The van der Waals surface area contributed by atoms with E-state index in [9.17, 15) is 22.5 Å². The summed E-state index contributed by atoms with van der Waals surface area (Å²) in [6.45, 7) is 1.62. The lowest BCUT2D eigenvalue weighted by molar-refractivity contribution is -0.275. The van der Waals surface area contributed by atoms with E-state index >= 15 is 0 Å². The number of hydrogen-bond acceptors (Lipinski definition) is 4. The molecule has 3 aromatic rings.